The van der Waals surface area contributed by atoms with Crippen LogP contribution in [0.15, 0.2) is 55.4 Å². The Morgan fingerprint density at radius 3 is 1.67 bits per heavy atom. The Balaban J connectivity index is 1.99. The summed E-state index contributed by atoms with van der Waals surface area (Å²) in [5, 5.41) is 13.5. The molecule has 3 aromatic heterocycles. The first-order valence-corrected chi connectivity index (χ1v) is 7.08. The number of nitrogens with zero attached hydrogens (tertiary/aromatic N) is 7. The fraction of sp³-hybridized carbons (Fsp3) is 0.250. The Morgan fingerprint density at radius 1 is 0.810 bits per heavy atom. The van der Waals surface area contributed by atoms with Gasteiger partial charge >= 0.3 is 6.69 Å². The zero-order chi connectivity index (χ0) is 14.1. The zero-order valence-corrected chi connectivity index (χ0v) is 11.5. The number of hydrazine groups is 1. The van der Waals surface area contributed by atoms with E-state index in [0.717, 1.165) is 19.5 Å². The minimum atomic E-state index is -1.66. The molecule has 1 aliphatic rings. The summed E-state index contributed by atoms with van der Waals surface area (Å²) < 4.78 is 5.74. The van der Waals surface area contributed by atoms with Crippen molar-refractivity contribution in [3.8, 4) is 0 Å². The minimum absolute atomic E-state index is 0.902. The van der Waals surface area contributed by atoms with Crippen molar-refractivity contribution in [1.82, 2.24) is 39.4 Å². The van der Waals surface area contributed by atoms with Gasteiger partial charge in [-0.25, -0.2) is 15.3 Å². The highest BCUT2D eigenvalue weighted by atomic mass is 15.7. The van der Waals surface area contributed by atoms with Crippen molar-refractivity contribution in [2.24, 2.45) is 0 Å². The van der Waals surface area contributed by atoms with Crippen LogP contribution in [0.3, 0.4) is 0 Å². The van der Waals surface area contributed by atoms with Crippen LogP contribution < -0.4 is 5.43 Å². The van der Waals surface area contributed by atoms with Gasteiger partial charge in [-0.05, 0) is 49.8 Å². The summed E-state index contributed by atoms with van der Waals surface area (Å²) in [6.45, 7) is 0.180. The van der Waals surface area contributed by atoms with Gasteiger partial charge in [0.1, 0.15) is 0 Å². The Morgan fingerprint density at radius 2 is 1.33 bits per heavy atom. The summed E-state index contributed by atoms with van der Waals surface area (Å²) in [7, 11) is 0. The first kappa shape index (κ1) is 12.4. The van der Waals surface area contributed by atoms with Crippen LogP contribution in [0.5, 0.6) is 0 Å². The molecule has 0 bridgehead atoms. The van der Waals surface area contributed by atoms with E-state index in [1.54, 1.807) is 18.6 Å². The molecule has 1 saturated heterocycles. The van der Waals surface area contributed by atoms with Crippen molar-refractivity contribution < 1.29 is 0 Å². The molecule has 0 amide bonds. The molecule has 21 heavy (non-hydrogen) atoms. The molecule has 0 saturated carbocycles. The fourth-order valence-electron chi connectivity index (χ4n) is 3.10. The number of nitrogens with one attached hydrogen (secondary N) is 1. The molecule has 9 heteroatoms. The summed E-state index contributed by atoms with van der Waals surface area (Å²) in [6, 6.07) is 5.75. The lowest BCUT2D eigenvalue weighted by Crippen LogP contribution is -2.72. The summed E-state index contributed by atoms with van der Waals surface area (Å²) in [5.74, 6) is 0. The first-order chi connectivity index (χ1) is 10.4. The maximum absolute atomic E-state index is 4.49. The standard InChI is InChI=1S/C12H16BN8/c1-5-14-18(9-1)13(19-10-2-6-15-19,20-11-3-7-16-20)21-12-4-8-17-21/h1-3,5-7,9-11,17H,4,8,12H2/q-1. The molecule has 3 aromatic rings. The van der Waals surface area contributed by atoms with Crippen molar-refractivity contribution in [1.29, 1.82) is 0 Å². The van der Waals surface area contributed by atoms with E-state index in [4.69, 9.17) is 0 Å². The maximum Gasteiger partial charge on any atom is 0.431 e. The summed E-state index contributed by atoms with van der Waals surface area (Å²) in [5.41, 5.74) is 3.44. The number of aromatic nitrogens is 6. The van der Waals surface area contributed by atoms with Gasteiger partial charge < -0.3 is 18.7 Å². The SMILES string of the molecule is c1cnn([B-](N2CCCN2)(n2cccn2)n2cccn2)c1. The number of hydrogen-bond donors (Lipinski definition) is 1. The maximum atomic E-state index is 4.49. The van der Waals surface area contributed by atoms with Crippen LogP contribution in [0, 0.1) is 0 Å². The molecule has 0 aromatic carbocycles. The van der Waals surface area contributed by atoms with Gasteiger partial charge in [0.05, 0.1) is 0 Å². The third kappa shape index (κ3) is 1.74. The lowest BCUT2D eigenvalue weighted by atomic mass is 9.73. The van der Waals surface area contributed by atoms with E-state index in [9.17, 15) is 0 Å². The second kappa shape index (κ2) is 4.87. The van der Waals surface area contributed by atoms with E-state index in [1.807, 2.05) is 50.6 Å². The lowest BCUT2D eigenvalue weighted by Gasteiger charge is -2.48. The molecular formula is C12H16BN8-. The highest BCUT2D eigenvalue weighted by Gasteiger charge is 2.42. The molecule has 0 unspecified atom stereocenters. The highest BCUT2D eigenvalue weighted by Crippen LogP contribution is 2.17. The van der Waals surface area contributed by atoms with Gasteiger partial charge in [-0.3, -0.25) is 5.43 Å². The van der Waals surface area contributed by atoms with Crippen molar-refractivity contribution in [3.63, 3.8) is 0 Å². The Hall–Kier alpha value is -2.39. The highest BCUT2D eigenvalue weighted by molar-refractivity contribution is 6.71. The van der Waals surface area contributed by atoms with Crippen molar-refractivity contribution >= 4 is 6.69 Å². The third-order valence-corrected chi connectivity index (χ3v) is 3.95. The van der Waals surface area contributed by atoms with Crippen LogP contribution in [0.4, 0.5) is 0 Å². The smallest absolute Gasteiger partial charge is 0.385 e. The van der Waals surface area contributed by atoms with Gasteiger partial charge in [0.2, 0.25) is 0 Å². The van der Waals surface area contributed by atoms with E-state index in [0.29, 0.717) is 0 Å². The summed E-state index contributed by atoms with van der Waals surface area (Å²) in [6.07, 6.45) is 12.3. The van der Waals surface area contributed by atoms with Gasteiger partial charge in [0, 0.05) is 25.1 Å². The minimum Gasteiger partial charge on any atom is -0.385 e. The van der Waals surface area contributed by atoms with Gasteiger partial charge in [-0.15, -0.1) is 0 Å². The van der Waals surface area contributed by atoms with Crippen LogP contribution in [-0.2, 0) is 0 Å². The van der Waals surface area contributed by atoms with Crippen LogP contribution in [0.25, 0.3) is 0 Å². The van der Waals surface area contributed by atoms with E-state index < -0.39 is 6.69 Å². The molecule has 0 aliphatic carbocycles. The molecule has 1 fully saturated rings. The van der Waals surface area contributed by atoms with Gasteiger partial charge in [0.15, 0.2) is 0 Å². The molecule has 108 valence electrons. The molecule has 0 atom stereocenters. The molecular weight excluding hydrogens is 267 g/mol. The van der Waals surface area contributed by atoms with Crippen LogP contribution in [0.2, 0.25) is 0 Å². The molecule has 0 spiro atoms. The monoisotopic (exact) mass is 283 g/mol. The Kier molecular flexibility index (Phi) is 2.86. The molecule has 1 aliphatic heterocycles. The molecule has 8 nitrogen and oxygen atoms in total. The molecule has 1 N–H and O–H groups in total. The first-order valence-electron chi connectivity index (χ1n) is 7.08. The number of hydrogen-bond acceptors (Lipinski definition) is 5. The number of rotatable bonds is 4. The second-order valence-corrected chi connectivity index (χ2v) is 5.11. The van der Waals surface area contributed by atoms with E-state index in [2.05, 4.69) is 25.6 Å². The molecule has 4 heterocycles. The predicted octanol–water partition coefficient (Wildman–Crippen LogP) is -0.133. The van der Waals surface area contributed by atoms with E-state index in [1.165, 1.54) is 0 Å². The third-order valence-electron chi connectivity index (χ3n) is 3.95. The van der Waals surface area contributed by atoms with E-state index >= 15 is 0 Å². The van der Waals surface area contributed by atoms with Gasteiger partial charge in [-0.2, -0.15) is 0 Å². The van der Waals surface area contributed by atoms with Crippen molar-refractivity contribution in [2.75, 3.05) is 13.1 Å². The van der Waals surface area contributed by atoms with Gasteiger partial charge in [0.25, 0.3) is 0 Å². The molecule has 0 radical (unpaired) electrons. The van der Waals surface area contributed by atoms with Crippen molar-refractivity contribution in [2.45, 2.75) is 6.42 Å². The average Bonchev–Trinajstić information content (AvgIpc) is 3.32. The Labute approximate surface area is 121 Å². The average molecular weight is 283 g/mol. The second-order valence-electron chi connectivity index (χ2n) is 5.11. The van der Waals surface area contributed by atoms with Gasteiger partial charge in [-0.1, -0.05) is 0 Å². The fourth-order valence-corrected chi connectivity index (χ4v) is 3.10. The largest absolute Gasteiger partial charge is 0.431 e. The van der Waals surface area contributed by atoms with Crippen LogP contribution >= 0.6 is 0 Å². The van der Waals surface area contributed by atoms with Crippen LogP contribution in [-0.4, -0.2) is 53.8 Å². The van der Waals surface area contributed by atoms with Crippen LogP contribution in [0.1, 0.15) is 6.42 Å². The van der Waals surface area contributed by atoms with E-state index in [-0.39, 0.29) is 0 Å². The molecule has 4 rings (SSSR count). The van der Waals surface area contributed by atoms with Crippen molar-refractivity contribution in [3.05, 3.63) is 55.4 Å². The quantitative estimate of drug-likeness (QED) is 0.675. The predicted molar refractivity (Wildman–Crippen MR) is 78.0 cm³/mol. The zero-order valence-electron chi connectivity index (χ0n) is 11.5. The normalized spacial score (nSPS) is 16.6. The Bertz CT molecular complexity index is 585. The summed E-state index contributed by atoms with van der Waals surface area (Å²) >= 11 is 0. The lowest BCUT2D eigenvalue weighted by molar-refractivity contribution is 0.355. The summed E-state index contributed by atoms with van der Waals surface area (Å²) in [4.78, 5) is 2.17. The topological polar surface area (TPSA) is 68.7 Å².